The van der Waals surface area contributed by atoms with E-state index in [4.69, 9.17) is 9.52 Å². The fourth-order valence-electron chi connectivity index (χ4n) is 1.60. The molecule has 2 heterocycles. The van der Waals surface area contributed by atoms with Crippen LogP contribution in [0.5, 0.6) is 0 Å². The molecular weight excluding hydrogens is 222 g/mol. The van der Waals surface area contributed by atoms with E-state index in [1.807, 2.05) is 0 Å². The summed E-state index contributed by atoms with van der Waals surface area (Å²) in [5.41, 5.74) is -0.193. The largest absolute Gasteiger partial charge is 0.478 e. The van der Waals surface area contributed by atoms with E-state index in [2.05, 4.69) is 0 Å². The Hall–Kier alpha value is -2.30. The molecule has 0 aliphatic heterocycles. The number of nitrogens with zero attached hydrogens (tertiary/aromatic N) is 1. The van der Waals surface area contributed by atoms with Crippen LogP contribution in [0, 0.1) is 0 Å². The number of aromatic nitrogens is 1. The molecule has 0 saturated heterocycles. The van der Waals surface area contributed by atoms with Crippen molar-refractivity contribution in [2.45, 2.75) is 13.0 Å². The second-order valence-corrected chi connectivity index (χ2v) is 3.66. The lowest BCUT2D eigenvalue weighted by Crippen LogP contribution is -2.23. The van der Waals surface area contributed by atoms with Gasteiger partial charge in [-0.2, -0.15) is 0 Å². The SMILES string of the molecule is CC(c1ccco1)n1cc(C(=O)O)ccc1=O. The first-order valence-corrected chi connectivity index (χ1v) is 5.08. The highest BCUT2D eigenvalue weighted by Crippen LogP contribution is 2.16. The topological polar surface area (TPSA) is 72.4 Å². The van der Waals surface area contributed by atoms with Crippen molar-refractivity contribution in [1.82, 2.24) is 4.57 Å². The van der Waals surface area contributed by atoms with Crippen LogP contribution in [-0.4, -0.2) is 15.6 Å². The Balaban J connectivity index is 2.48. The lowest BCUT2D eigenvalue weighted by molar-refractivity contribution is 0.0695. The van der Waals surface area contributed by atoms with Gasteiger partial charge in [-0.25, -0.2) is 4.79 Å². The van der Waals surface area contributed by atoms with Crippen molar-refractivity contribution in [3.63, 3.8) is 0 Å². The first-order valence-electron chi connectivity index (χ1n) is 5.08. The number of pyridine rings is 1. The summed E-state index contributed by atoms with van der Waals surface area (Å²) >= 11 is 0. The van der Waals surface area contributed by atoms with E-state index in [0.29, 0.717) is 5.76 Å². The van der Waals surface area contributed by atoms with Gasteiger partial charge in [-0.15, -0.1) is 0 Å². The zero-order chi connectivity index (χ0) is 12.4. The van der Waals surface area contributed by atoms with Gasteiger partial charge >= 0.3 is 5.97 Å². The highest BCUT2D eigenvalue weighted by Gasteiger charge is 2.13. The maximum Gasteiger partial charge on any atom is 0.337 e. The third-order valence-electron chi connectivity index (χ3n) is 2.56. The van der Waals surface area contributed by atoms with E-state index in [9.17, 15) is 9.59 Å². The van der Waals surface area contributed by atoms with Gasteiger partial charge in [0.2, 0.25) is 0 Å². The van der Waals surface area contributed by atoms with Gasteiger partial charge in [0.25, 0.3) is 5.56 Å². The van der Waals surface area contributed by atoms with Crippen molar-refractivity contribution in [3.8, 4) is 0 Å². The van der Waals surface area contributed by atoms with E-state index < -0.39 is 5.97 Å². The Kier molecular flexibility index (Phi) is 2.82. The number of hydrogen-bond acceptors (Lipinski definition) is 3. The fourth-order valence-corrected chi connectivity index (χ4v) is 1.60. The minimum absolute atomic E-state index is 0.0722. The third kappa shape index (κ3) is 2.13. The Morgan fingerprint density at radius 2 is 2.18 bits per heavy atom. The van der Waals surface area contributed by atoms with Crippen molar-refractivity contribution in [3.05, 3.63) is 58.4 Å². The van der Waals surface area contributed by atoms with Gasteiger partial charge in [0.05, 0.1) is 17.9 Å². The third-order valence-corrected chi connectivity index (χ3v) is 2.56. The first-order chi connectivity index (χ1) is 8.09. The van der Waals surface area contributed by atoms with Gasteiger partial charge in [-0.05, 0) is 25.1 Å². The first kappa shape index (κ1) is 11.2. The standard InChI is InChI=1S/C12H11NO4/c1-8(10-3-2-6-17-10)13-7-9(12(15)16)4-5-11(13)14/h2-8H,1H3,(H,15,16). The predicted octanol–water partition coefficient (Wildman–Crippen LogP) is 1.75. The molecule has 2 rings (SSSR count). The van der Waals surface area contributed by atoms with Crippen LogP contribution < -0.4 is 5.56 Å². The van der Waals surface area contributed by atoms with Crippen molar-refractivity contribution in [2.24, 2.45) is 0 Å². The molecule has 1 atom stereocenters. The molecule has 0 aliphatic carbocycles. The van der Waals surface area contributed by atoms with Gasteiger partial charge in [-0.1, -0.05) is 0 Å². The molecule has 88 valence electrons. The Morgan fingerprint density at radius 3 is 2.76 bits per heavy atom. The molecule has 0 spiro atoms. The molecule has 0 amide bonds. The van der Waals surface area contributed by atoms with E-state index in [1.54, 1.807) is 19.1 Å². The fraction of sp³-hybridized carbons (Fsp3) is 0.167. The Labute approximate surface area is 96.9 Å². The minimum atomic E-state index is -1.06. The molecule has 0 fully saturated rings. The zero-order valence-electron chi connectivity index (χ0n) is 9.16. The molecule has 17 heavy (non-hydrogen) atoms. The van der Waals surface area contributed by atoms with Crippen molar-refractivity contribution >= 4 is 5.97 Å². The number of aromatic carboxylic acids is 1. The summed E-state index contributed by atoms with van der Waals surface area (Å²) in [4.78, 5) is 22.5. The molecular formula is C12H11NO4. The second kappa shape index (κ2) is 4.29. The summed E-state index contributed by atoms with van der Waals surface area (Å²) < 4.78 is 6.53. The van der Waals surface area contributed by atoms with Gasteiger partial charge < -0.3 is 14.1 Å². The van der Waals surface area contributed by atoms with Gasteiger partial charge in [0.1, 0.15) is 5.76 Å². The lowest BCUT2D eigenvalue weighted by Gasteiger charge is -2.12. The zero-order valence-corrected chi connectivity index (χ0v) is 9.16. The predicted molar refractivity (Wildman–Crippen MR) is 60.2 cm³/mol. The van der Waals surface area contributed by atoms with Crippen LogP contribution in [-0.2, 0) is 0 Å². The molecule has 5 heteroatoms. The molecule has 0 aliphatic rings. The van der Waals surface area contributed by atoms with E-state index in [0.717, 1.165) is 0 Å². The second-order valence-electron chi connectivity index (χ2n) is 3.66. The highest BCUT2D eigenvalue weighted by molar-refractivity contribution is 5.87. The molecule has 2 aromatic heterocycles. The van der Waals surface area contributed by atoms with Crippen LogP contribution in [0.25, 0.3) is 0 Å². The number of hydrogen-bond donors (Lipinski definition) is 1. The lowest BCUT2D eigenvalue weighted by atomic mass is 10.2. The van der Waals surface area contributed by atoms with Crippen LogP contribution >= 0.6 is 0 Å². The van der Waals surface area contributed by atoms with Crippen LogP contribution in [0.4, 0.5) is 0 Å². The molecule has 0 saturated carbocycles. The smallest absolute Gasteiger partial charge is 0.337 e. The monoisotopic (exact) mass is 233 g/mol. The van der Waals surface area contributed by atoms with Crippen LogP contribution in [0.3, 0.4) is 0 Å². The van der Waals surface area contributed by atoms with Crippen molar-refractivity contribution < 1.29 is 14.3 Å². The number of furan rings is 1. The molecule has 0 aromatic carbocycles. The minimum Gasteiger partial charge on any atom is -0.478 e. The van der Waals surface area contributed by atoms with E-state index in [1.165, 1.54) is 29.2 Å². The molecule has 0 bridgehead atoms. The number of carboxylic acid groups (broad SMARTS) is 1. The Morgan fingerprint density at radius 1 is 1.41 bits per heavy atom. The van der Waals surface area contributed by atoms with Gasteiger partial charge in [-0.3, -0.25) is 4.79 Å². The van der Waals surface area contributed by atoms with Crippen molar-refractivity contribution in [2.75, 3.05) is 0 Å². The summed E-state index contributed by atoms with van der Waals surface area (Å²) in [7, 11) is 0. The number of rotatable bonds is 3. The van der Waals surface area contributed by atoms with Crippen LogP contribution in [0.2, 0.25) is 0 Å². The average Bonchev–Trinajstić information content (AvgIpc) is 2.81. The molecule has 1 unspecified atom stereocenters. The summed E-state index contributed by atoms with van der Waals surface area (Å²) in [5, 5.41) is 8.87. The molecule has 1 N–H and O–H groups in total. The molecule has 5 nitrogen and oxygen atoms in total. The van der Waals surface area contributed by atoms with Crippen LogP contribution in [0.1, 0.15) is 29.1 Å². The molecule has 0 radical (unpaired) electrons. The number of carboxylic acids is 1. The summed E-state index contributed by atoms with van der Waals surface area (Å²) in [6, 6.07) is 5.65. The van der Waals surface area contributed by atoms with E-state index in [-0.39, 0.29) is 17.2 Å². The van der Waals surface area contributed by atoms with Crippen LogP contribution in [0.15, 0.2) is 45.9 Å². The maximum atomic E-state index is 11.7. The van der Waals surface area contributed by atoms with Crippen molar-refractivity contribution in [1.29, 1.82) is 0 Å². The summed E-state index contributed by atoms with van der Waals surface area (Å²) in [6.45, 7) is 1.77. The maximum absolute atomic E-state index is 11.7. The summed E-state index contributed by atoms with van der Waals surface area (Å²) in [5.74, 6) is -0.458. The summed E-state index contributed by atoms with van der Waals surface area (Å²) in [6.07, 6.45) is 2.83. The average molecular weight is 233 g/mol. The quantitative estimate of drug-likeness (QED) is 0.876. The van der Waals surface area contributed by atoms with E-state index >= 15 is 0 Å². The number of carbonyl (C=O) groups is 1. The normalized spacial score (nSPS) is 12.3. The van der Waals surface area contributed by atoms with Gasteiger partial charge in [0, 0.05) is 12.3 Å². The highest BCUT2D eigenvalue weighted by atomic mass is 16.4. The molecule has 2 aromatic rings. The van der Waals surface area contributed by atoms with Gasteiger partial charge in [0.15, 0.2) is 0 Å². The Bertz CT molecular complexity index is 583.